The lowest BCUT2D eigenvalue weighted by atomic mass is 10.1. The minimum Gasteiger partial charge on any atom is -0.481 e. The van der Waals surface area contributed by atoms with Gasteiger partial charge in [-0.25, -0.2) is 8.42 Å². The Kier molecular flexibility index (Phi) is 7.20. The van der Waals surface area contributed by atoms with Crippen molar-refractivity contribution in [1.29, 1.82) is 0 Å². The number of nitrogens with one attached hydrogen (secondary N) is 2. The molecular formula is C25H28N2O4S. The zero-order valence-corrected chi connectivity index (χ0v) is 19.5. The van der Waals surface area contributed by atoms with Crippen molar-refractivity contribution in [3.05, 3.63) is 83.4 Å². The predicted octanol–water partition coefficient (Wildman–Crippen LogP) is 5.07. The van der Waals surface area contributed by atoms with Gasteiger partial charge in [-0.1, -0.05) is 31.2 Å². The molecule has 3 aromatic rings. The molecule has 0 aliphatic rings. The number of rotatable bonds is 8. The second kappa shape index (κ2) is 9.87. The zero-order chi connectivity index (χ0) is 23.3. The summed E-state index contributed by atoms with van der Waals surface area (Å²) in [6.07, 6.45) is 0.0916. The van der Waals surface area contributed by atoms with Crippen LogP contribution in [0.25, 0.3) is 0 Å². The molecule has 0 bridgehead atoms. The largest absolute Gasteiger partial charge is 0.481 e. The summed E-state index contributed by atoms with van der Waals surface area (Å²) in [5.41, 5.74) is 4.10. The number of ether oxygens (including phenoxy) is 1. The van der Waals surface area contributed by atoms with Crippen molar-refractivity contribution in [2.45, 2.75) is 45.1 Å². The van der Waals surface area contributed by atoms with Crippen LogP contribution in [-0.2, 0) is 21.2 Å². The van der Waals surface area contributed by atoms with Gasteiger partial charge in [0.1, 0.15) is 5.75 Å². The Balaban J connectivity index is 1.65. The van der Waals surface area contributed by atoms with Crippen molar-refractivity contribution < 1.29 is 17.9 Å². The van der Waals surface area contributed by atoms with E-state index in [4.69, 9.17) is 4.74 Å². The number of anilines is 2. The van der Waals surface area contributed by atoms with Gasteiger partial charge in [-0.3, -0.25) is 9.52 Å². The van der Waals surface area contributed by atoms with Crippen LogP contribution < -0.4 is 14.8 Å². The van der Waals surface area contributed by atoms with Gasteiger partial charge in [-0.15, -0.1) is 0 Å². The first-order valence-corrected chi connectivity index (χ1v) is 11.9. The number of para-hydroxylation sites is 1. The highest BCUT2D eigenvalue weighted by Gasteiger charge is 2.18. The van der Waals surface area contributed by atoms with Crippen molar-refractivity contribution in [2.75, 3.05) is 10.0 Å². The van der Waals surface area contributed by atoms with E-state index in [2.05, 4.69) is 10.0 Å². The molecule has 0 heterocycles. The van der Waals surface area contributed by atoms with Gasteiger partial charge in [0.05, 0.1) is 4.90 Å². The second-order valence-corrected chi connectivity index (χ2v) is 9.32. The first-order chi connectivity index (χ1) is 15.2. The summed E-state index contributed by atoms with van der Waals surface area (Å²) in [4.78, 5) is 12.6. The number of sulfonamides is 1. The Labute approximate surface area is 189 Å². The lowest BCUT2D eigenvalue weighted by molar-refractivity contribution is -0.122. The molecule has 168 valence electrons. The maximum absolute atomic E-state index is 12.7. The van der Waals surface area contributed by atoms with Crippen LogP contribution in [0.3, 0.4) is 0 Å². The normalized spacial score (nSPS) is 12.1. The Morgan fingerprint density at radius 1 is 0.938 bits per heavy atom. The lowest BCUT2D eigenvalue weighted by Gasteiger charge is -2.17. The topological polar surface area (TPSA) is 84.5 Å². The monoisotopic (exact) mass is 452 g/mol. The van der Waals surface area contributed by atoms with Crippen LogP contribution in [0.15, 0.2) is 71.6 Å². The Bertz CT molecular complexity index is 1200. The van der Waals surface area contributed by atoms with E-state index in [0.29, 0.717) is 17.1 Å². The molecule has 0 fully saturated rings. The van der Waals surface area contributed by atoms with Gasteiger partial charge in [-0.2, -0.15) is 0 Å². The Morgan fingerprint density at radius 3 is 2.25 bits per heavy atom. The molecule has 0 unspecified atom stereocenters. The molecule has 0 saturated carbocycles. The summed E-state index contributed by atoms with van der Waals surface area (Å²) in [6.45, 7) is 7.59. The van der Waals surface area contributed by atoms with E-state index in [1.54, 1.807) is 31.2 Å². The van der Waals surface area contributed by atoms with E-state index in [9.17, 15) is 13.2 Å². The second-order valence-electron chi connectivity index (χ2n) is 7.64. The van der Waals surface area contributed by atoms with Gasteiger partial charge in [0.15, 0.2) is 6.10 Å². The summed E-state index contributed by atoms with van der Waals surface area (Å²) in [5.74, 6) is 0.358. The van der Waals surface area contributed by atoms with E-state index in [1.165, 1.54) is 12.1 Å². The van der Waals surface area contributed by atoms with Crippen LogP contribution in [0, 0.1) is 13.8 Å². The third-order valence-electron chi connectivity index (χ3n) is 5.22. The van der Waals surface area contributed by atoms with E-state index >= 15 is 0 Å². The standard InChI is InChI=1S/C25H28N2O4S/c1-5-20-8-6-7-9-24(20)31-19(4)25(28)26-21-12-14-23(15-13-21)32(29,30)27-22-11-10-17(2)18(3)16-22/h6-16,19,27H,5H2,1-4H3,(H,26,28)/t19-/m0/s1. The molecule has 3 aromatic carbocycles. The van der Waals surface area contributed by atoms with E-state index < -0.39 is 16.1 Å². The molecular weight excluding hydrogens is 424 g/mol. The molecule has 0 spiro atoms. The molecule has 0 radical (unpaired) electrons. The van der Waals surface area contributed by atoms with Gasteiger partial charge in [0.25, 0.3) is 15.9 Å². The van der Waals surface area contributed by atoms with Crippen LogP contribution in [-0.4, -0.2) is 20.4 Å². The molecule has 0 aliphatic carbocycles. The molecule has 6 nitrogen and oxygen atoms in total. The fraction of sp³-hybridized carbons (Fsp3) is 0.240. The summed E-state index contributed by atoms with van der Waals surface area (Å²) >= 11 is 0. The molecule has 3 rings (SSSR count). The molecule has 0 saturated heterocycles. The van der Waals surface area contributed by atoms with Crippen LogP contribution in [0.1, 0.15) is 30.5 Å². The minimum atomic E-state index is -3.74. The zero-order valence-electron chi connectivity index (χ0n) is 18.7. The average Bonchev–Trinajstić information content (AvgIpc) is 2.77. The number of hydrogen-bond donors (Lipinski definition) is 2. The highest BCUT2D eigenvalue weighted by molar-refractivity contribution is 7.92. The fourth-order valence-electron chi connectivity index (χ4n) is 3.14. The van der Waals surface area contributed by atoms with E-state index in [1.807, 2.05) is 51.1 Å². The van der Waals surface area contributed by atoms with Gasteiger partial charge in [-0.05, 0) is 86.3 Å². The predicted molar refractivity (Wildman–Crippen MR) is 128 cm³/mol. The number of hydrogen-bond acceptors (Lipinski definition) is 4. The molecule has 0 aliphatic heterocycles. The summed E-state index contributed by atoms with van der Waals surface area (Å²) in [5, 5.41) is 2.76. The molecule has 32 heavy (non-hydrogen) atoms. The third-order valence-corrected chi connectivity index (χ3v) is 6.61. The highest BCUT2D eigenvalue weighted by atomic mass is 32.2. The first kappa shape index (κ1) is 23.3. The average molecular weight is 453 g/mol. The fourth-order valence-corrected chi connectivity index (χ4v) is 4.18. The van der Waals surface area contributed by atoms with Crippen LogP contribution in [0.2, 0.25) is 0 Å². The van der Waals surface area contributed by atoms with Gasteiger partial charge in [0.2, 0.25) is 0 Å². The van der Waals surface area contributed by atoms with Crippen molar-refractivity contribution in [3.63, 3.8) is 0 Å². The number of aryl methyl sites for hydroxylation is 3. The van der Waals surface area contributed by atoms with Crippen molar-refractivity contribution in [3.8, 4) is 5.75 Å². The Morgan fingerprint density at radius 2 is 1.59 bits per heavy atom. The molecule has 1 amide bonds. The van der Waals surface area contributed by atoms with Crippen LogP contribution in [0.5, 0.6) is 5.75 Å². The molecule has 2 N–H and O–H groups in total. The summed E-state index contributed by atoms with van der Waals surface area (Å²) < 4.78 is 33.8. The summed E-state index contributed by atoms with van der Waals surface area (Å²) in [6, 6.07) is 19.0. The van der Waals surface area contributed by atoms with Crippen molar-refractivity contribution in [1.82, 2.24) is 0 Å². The van der Waals surface area contributed by atoms with Crippen LogP contribution in [0.4, 0.5) is 11.4 Å². The third kappa shape index (κ3) is 5.68. The number of carbonyl (C=O) groups excluding carboxylic acids is 1. The Hall–Kier alpha value is -3.32. The smallest absolute Gasteiger partial charge is 0.265 e. The van der Waals surface area contributed by atoms with Crippen LogP contribution >= 0.6 is 0 Å². The first-order valence-electron chi connectivity index (χ1n) is 10.4. The molecule has 0 aromatic heterocycles. The SMILES string of the molecule is CCc1ccccc1O[C@@H](C)C(=O)Nc1ccc(S(=O)(=O)Nc2ccc(C)c(C)c2)cc1. The quantitative estimate of drug-likeness (QED) is 0.500. The van der Waals surface area contributed by atoms with Gasteiger partial charge in [0, 0.05) is 11.4 Å². The van der Waals surface area contributed by atoms with E-state index in [-0.39, 0.29) is 10.8 Å². The lowest BCUT2D eigenvalue weighted by Crippen LogP contribution is -2.30. The highest BCUT2D eigenvalue weighted by Crippen LogP contribution is 2.22. The maximum Gasteiger partial charge on any atom is 0.265 e. The number of benzene rings is 3. The number of carbonyl (C=O) groups is 1. The number of amides is 1. The minimum absolute atomic E-state index is 0.106. The summed E-state index contributed by atoms with van der Waals surface area (Å²) in [7, 11) is -3.74. The molecule has 7 heteroatoms. The van der Waals surface area contributed by atoms with E-state index in [0.717, 1.165) is 23.1 Å². The van der Waals surface area contributed by atoms with Crippen molar-refractivity contribution in [2.24, 2.45) is 0 Å². The van der Waals surface area contributed by atoms with Gasteiger partial charge >= 0.3 is 0 Å². The van der Waals surface area contributed by atoms with Crippen molar-refractivity contribution >= 4 is 27.3 Å². The maximum atomic E-state index is 12.7. The molecule has 1 atom stereocenters. The van der Waals surface area contributed by atoms with Gasteiger partial charge < -0.3 is 10.1 Å².